The average Bonchev–Trinajstić information content (AvgIpc) is 3.21. The van der Waals surface area contributed by atoms with E-state index in [1.54, 1.807) is 4.90 Å². The van der Waals surface area contributed by atoms with Gasteiger partial charge in [-0.05, 0) is 44.4 Å². The zero-order valence-electron chi connectivity index (χ0n) is 17.3. The summed E-state index contributed by atoms with van der Waals surface area (Å²) in [6.45, 7) is 7.32. The number of piperidine rings is 1. The molecule has 2 aromatic rings. The number of aryl methyl sites for hydroxylation is 1. The maximum Gasteiger partial charge on any atom is 0.225 e. The zero-order valence-corrected chi connectivity index (χ0v) is 17.3. The van der Waals surface area contributed by atoms with Crippen LogP contribution in [0.25, 0.3) is 0 Å². The van der Waals surface area contributed by atoms with Gasteiger partial charge in [0.15, 0.2) is 5.76 Å². The van der Waals surface area contributed by atoms with Crippen LogP contribution in [0.3, 0.4) is 0 Å². The van der Waals surface area contributed by atoms with E-state index in [9.17, 15) is 9.59 Å². The molecule has 7 nitrogen and oxygen atoms in total. The first-order valence-electron chi connectivity index (χ1n) is 10.3. The van der Waals surface area contributed by atoms with Crippen LogP contribution < -0.4 is 10.1 Å². The van der Waals surface area contributed by atoms with Crippen molar-refractivity contribution in [3.05, 3.63) is 47.3 Å². The molecule has 1 N–H and O–H groups in total. The molecule has 3 rings (SSSR count). The summed E-state index contributed by atoms with van der Waals surface area (Å²) in [5.41, 5.74) is 1.80. The van der Waals surface area contributed by atoms with Crippen molar-refractivity contribution in [3.63, 3.8) is 0 Å². The average molecular weight is 399 g/mol. The first-order chi connectivity index (χ1) is 14.1. The molecule has 0 saturated carbocycles. The van der Waals surface area contributed by atoms with Gasteiger partial charge in [-0.2, -0.15) is 0 Å². The predicted molar refractivity (Wildman–Crippen MR) is 108 cm³/mol. The van der Waals surface area contributed by atoms with Gasteiger partial charge in [-0.3, -0.25) is 9.59 Å². The van der Waals surface area contributed by atoms with Crippen molar-refractivity contribution < 1.29 is 18.8 Å². The fourth-order valence-corrected chi connectivity index (χ4v) is 3.85. The molecule has 1 aliphatic heterocycles. The highest BCUT2D eigenvalue weighted by Crippen LogP contribution is 2.37. The molecule has 0 radical (unpaired) electrons. The van der Waals surface area contributed by atoms with Crippen LogP contribution in [0.4, 0.5) is 0 Å². The van der Waals surface area contributed by atoms with E-state index in [2.05, 4.69) is 10.5 Å². The molecule has 7 heteroatoms. The standard InChI is InChI=1S/C22H29N3O4/c1-4-16-13-18(29-24-16)14-23-22(27)19-11-12-20(26)25(5-2)21(19)15-7-9-17(10-8-15)28-6-3/h7-10,13,19,21H,4-6,11-12,14H2,1-3H3,(H,23,27)/t19-,21+/m1/s1. The van der Waals surface area contributed by atoms with Crippen molar-refractivity contribution in [2.75, 3.05) is 13.2 Å². The summed E-state index contributed by atoms with van der Waals surface area (Å²) < 4.78 is 10.8. The lowest BCUT2D eigenvalue weighted by Gasteiger charge is -2.40. The molecular weight excluding hydrogens is 370 g/mol. The van der Waals surface area contributed by atoms with E-state index in [1.165, 1.54) is 0 Å². The van der Waals surface area contributed by atoms with Crippen molar-refractivity contribution in [3.8, 4) is 5.75 Å². The number of likely N-dealkylation sites (tertiary alicyclic amines) is 1. The predicted octanol–water partition coefficient (Wildman–Crippen LogP) is 3.25. The van der Waals surface area contributed by atoms with E-state index in [0.717, 1.165) is 23.4 Å². The molecule has 1 aromatic heterocycles. The SMILES string of the molecule is CCOc1ccc([C@H]2[C@H](C(=O)NCc3cc(CC)no3)CCC(=O)N2CC)cc1. The molecule has 1 saturated heterocycles. The Bertz CT molecular complexity index is 831. The highest BCUT2D eigenvalue weighted by molar-refractivity contribution is 5.85. The number of hydrogen-bond acceptors (Lipinski definition) is 5. The van der Waals surface area contributed by atoms with Crippen molar-refractivity contribution >= 4 is 11.8 Å². The summed E-state index contributed by atoms with van der Waals surface area (Å²) in [5, 5.41) is 6.92. The Morgan fingerprint density at radius 1 is 1.28 bits per heavy atom. The van der Waals surface area contributed by atoms with Crippen LogP contribution in [0.2, 0.25) is 0 Å². The lowest BCUT2D eigenvalue weighted by atomic mass is 9.83. The molecule has 0 spiro atoms. The van der Waals surface area contributed by atoms with Gasteiger partial charge in [0.25, 0.3) is 0 Å². The molecule has 0 aliphatic carbocycles. The summed E-state index contributed by atoms with van der Waals surface area (Å²) in [6, 6.07) is 9.23. The van der Waals surface area contributed by atoms with Gasteiger partial charge in [0, 0.05) is 19.0 Å². The van der Waals surface area contributed by atoms with Crippen molar-refractivity contribution in [2.24, 2.45) is 5.92 Å². The van der Waals surface area contributed by atoms with E-state index in [4.69, 9.17) is 9.26 Å². The minimum absolute atomic E-state index is 0.0794. The number of hydrogen-bond donors (Lipinski definition) is 1. The first kappa shape index (κ1) is 20.9. The topological polar surface area (TPSA) is 84.7 Å². The van der Waals surface area contributed by atoms with Gasteiger partial charge in [-0.15, -0.1) is 0 Å². The Kier molecular flexibility index (Phi) is 6.90. The number of ether oxygens (including phenoxy) is 1. The minimum Gasteiger partial charge on any atom is -0.494 e. The van der Waals surface area contributed by atoms with Crippen LogP contribution in [-0.4, -0.2) is 35.0 Å². The molecular formula is C22H29N3O4. The number of nitrogens with zero attached hydrogens (tertiary/aromatic N) is 2. The van der Waals surface area contributed by atoms with Crippen LogP contribution in [0, 0.1) is 5.92 Å². The Morgan fingerprint density at radius 3 is 2.66 bits per heavy atom. The van der Waals surface area contributed by atoms with Crippen molar-refractivity contribution in [1.29, 1.82) is 0 Å². The number of rotatable bonds is 8. The second-order valence-electron chi connectivity index (χ2n) is 7.13. The van der Waals surface area contributed by atoms with Crippen LogP contribution >= 0.6 is 0 Å². The molecule has 29 heavy (non-hydrogen) atoms. The molecule has 156 valence electrons. The summed E-state index contributed by atoms with van der Waals surface area (Å²) in [5.74, 6) is 1.09. The van der Waals surface area contributed by atoms with Crippen LogP contribution in [0.5, 0.6) is 5.75 Å². The van der Waals surface area contributed by atoms with Gasteiger partial charge in [0.05, 0.1) is 30.8 Å². The molecule has 0 bridgehead atoms. The zero-order chi connectivity index (χ0) is 20.8. The minimum atomic E-state index is -0.320. The molecule has 2 heterocycles. The normalized spacial score (nSPS) is 19.3. The third-order valence-corrected chi connectivity index (χ3v) is 5.32. The summed E-state index contributed by atoms with van der Waals surface area (Å²) in [4.78, 5) is 27.3. The second-order valence-corrected chi connectivity index (χ2v) is 7.13. The van der Waals surface area contributed by atoms with Gasteiger partial charge in [0.2, 0.25) is 11.8 Å². The number of carbonyl (C=O) groups excluding carboxylic acids is 2. The van der Waals surface area contributed by atoms with Crippen LogP contribution in [-0.2, 0) is 22.6 Å². The maximum atomic E-state index is 13.0. The Hall–Kier alpha value is -2.83. The highest BCUT2D eigenvalue weighted by Gasteiger charge is 2.39. The third-order valence-electron chi connectivity index (χ3n) is 5.32. The fourth-order valence-electron chi connectivity index (χ4n) is 3.85. The van der Waals surface area contributed by atoms with E-state index in [-0.39, 0.29) is 23.8 Å². The smallest absolute Gasteiger partial charge is 0.225 e. The Balaban J connectivity index is 1.78. The molecule has 1 aliphatic rings. The van der Waals surface area contributed by atoms with Gasteiger partial charge in [-0.25, -0.2) is 0 Å². The van der Waals surface area contributed by atoms with Gasteiger partial charge in [-0.1, -0.05) is 24.2 Å². The Labute approximate surface area is 171 Å². The van der Waals surface area contributed by atoms with Crippen molar-refractivity contribution in [1.82, 2.24) is 15.4 Å². The van der Waals surface area contributed by atoms with E-state index >= 15 is 0 Å². The maximum absolute atomic E-state index is 13.0. The molecule has 1 aromatic carbocycles. The monoisotopic (exact) mass is 399 g/mol. The number of amides is 2. The fraction of sp³-hybridized carbons (Fsp3) is 0.500. The lowest BCUT2D eigenvalue weighted by molar-refractivity contribution is -0.143. The first-order valence-corrected chi connectivity index (χ1v) is 10.3. The number of nitrogens with one attached hydrogen (secondary N) is 1. The van der Waals surface area contributed by atoms with Gasteiger partial charge in [0.1, 0.15) is 5.75 Å². The molecule has 1 fully saturated rings. The summed E-state index contributed by atoms with van der Waals surface area (Å²) >= 11 is 0. The summed E-state index contributed by atoms with van der Waals surface area (Å²) in [7, 11) is 0. The lowest BCUT2D eigenvalue weighted by Crippen LogP contribution is -2.47. The third kappa shape index (κ3) is 4.78. The van der Waals surface area contributed by atoms with Crippen LogP contribution in [0.15, 0.2) is 34.9 Å². The van der Waals surface area contributed by atoms with Gasteiger partial charge < -0.3 is 19.5 Å². The van der Waals surface area contributed by atoms with Crippen molar-refractivity contribution in [2.45, 2.75) is 52.6 Å². The molecule has 2 amide bonds. The summed E-state index contributed by atoms with van der Waals surface area (Å²) in [6.07, 6.45) is 1.69. The molecule has 2 atom stereocenters. The Morgan fingerprint density at radius 2 is 2.03 bits per heavy atom. The molecule has 0 unspecified atom stereocenters. The van der Waals surface area contributed by atoms with E-state index in [1.807, 2.05) is 51.1 Å². The number of aromatic nitrogens is 1. The quantitative estimate of drug-likeness (QED) is 0.737. The van der Waals surface area contributed by atoms with Gasteiger partial charge >= 0.3 is 0 Å². The van der Waals surface area contributed by atoms with E-state index in [0.29, 0.717) is 38.3 Å². The number of carbonyl (C=O) groups is 2. The highest BCUT2D eigenvalue weighted by atomic mass is 16.5. The largest absolute Gasteiger partial charge is 0.494 e. The number of benzene rings is 1. The van der Waals surface area contributed by atoms with E-state index < -0.39 is 0 Å². The second kappa shape index (κ2) is 9.58. The van der Waals surface area contributed by atoms with Crippen LogP contribution in [0.1, 0.15) is 56.7 Å².